The minimum Gasteiger partial charge on any atom is -0.361 e. The summed E-state index contributed by atoms with van der Waals surface area (Å²) in [6.07, 6.45) is 5.64. The van der Waals surface area contributed by atoms with Crippen molar-refractivity contribution in [3.8, 4) is 0 Å². The third-order valence-corrected chi connectivity index (χ3v) is 4.19. The molecular formula is C13H22N4O. The zero-order chi connectivity index (χ0) is 12.5. The largest absolute Gasteiger partial charge is 0.361 e. The Morgan fingerprint density at radius 2 is 2.11 bits per heavy atom. The molecule has 3 heterocycles. The van der Waals surface area contributed by atoms with Crippen LogP contribution < -0.4 is 5.32 Å². The maximum atomic E-state index is 12.2. The van der Waals surface area contributed by atoms with E-state index in [1.54, 1.807) is 0 Å². The molecule has 100 valence electrons. The predicted octanol–water partition coefficient (Wildman–Crippen LogP) is 0.222. The molecule has 3 aliphatic heterocycles. The van der Waals surface area contributed by atoms with Gasteiger partial charge < -0.3 is 20.0 Å². The van der Waals surface area contributed by atoms with Crippen molar-refractivity contribution in [1.29, 1.82) is 0 Å². The Kier molecular flexibility index (Phi) is 3.16. The Morgan fingerprint density at radius 1 is 1.33 bits per heavy atom. The van der Waals surface area contributed by atoms with Crippen LogP contribution in [0.1, 0.15) is 19.3 Å². The van der Waals surface area contributed by atoms with E-state index in [1.807, 2.05) is 18.1 Å². The monoisotopic (exact) mass is 250 g/mol. The van der Waals surface area contributed by atoms with Crippen LogP contribution in [0.4, 0.5) is 0 Å². The Labute approximate surface area is 108 Å². The normalized spacial score (nSPS) is 24.8. The Hall–Kier alpha value is -1.23. The van der Waals surface area contributed by atoms with Gasteiger partial charge in [0.15, 0.2) is 0 Å². The molecule has 0 saturated carbocycles. The van der Waals surface area contributed by atoms with Crippen molar-refractivity contribution >= 4 is 5.91 Å². The summed E-state index contributed by atoms with van der Waals surface area (Å²) in [5.41, 5.74) is 0.878. The average molecular weight is 250 g/mol. The Balaban J connectivity index is 1.52. The number of carbonyl (C=O) groups excluding carboxylic acids is 1. The van der Waals surface area contributed by atoms with Gasteiger partial charge in [0.2, 0.25) is 0 Å². The molecule has 18 heavy (non-hydrogen) atoms. The van der Waals surface area contributed by atoms with Gasteiger partial charge in [-0.3, -0.25) is 4.79 Å². The van der Waals surface area contributed by atoms with Crippen LogP contribution in [0.3, 0.4) is 0 Å². The first kappa shape index (κ1) is 11.8. The number of carbonyl (C=O) groups is 1. The van der Waals surface area contributed by atoms with Crippen LogP contribution in [0.15, 0.2) is 11.9 Å². The summed E-state index contributed by atoms with van der Waals surface area (Å²) in [5, 5.41) is 3.39. The average Bonchev–Trinajstić information content (AvgIpc) is 2.87. The van der Waals surface area contributed by atoms with Gasteiger partial charge in [0.1, 0.15) is 5.70 Å². The highest BCUT2D eigenvalue weighted by Gasteiger charge is 2.36. The number of piperidine rings is 1. The summed E-state index contributed by atoms with van der Waals surface area (Å²) in [4.78, 5) is 18.4. The van der Waals surface area contributed by atoms with Crippen LogP contribution in [-0.4, -0.2) is 60.6 Å². The molecule has 5 nitrogen and oxygen atoms in total. The first-order valence-corrected chi connectivity index (χ1v) is 6.91. The lowest BCUT2D eigenvalue weighted by Gasteiger charge is -2.25. The first-order chi connectivity index (χ1) is 8.74. The van der Waals surface area contributed by atoms with Crippen molar-refractivity contribution < 1.29 is 4.79 Å². The lowest BCUT2D eigenvalue weighted by atomic mass is 9.94. The molecule has 0 atom stereocenters. The van der Waals surface area contributed by atoms with E-state index < -0.39 is 0 Å². The Bertz CT molecular complexity index is 362. The second-order valence-electron chi connectivity index (χ2n) is 5.64. The lowest BCUT2D eigenvalue weighted by Crippen LogP contribution is -2.34. The number of rotatable bonds is 3. The van der Waals surface area contributed by atoms with Gasteiger partial charge in [-0.25, -0.2) is 0 Å². The summed E-state index contributed by atoms with van der Waals surface area (Å²) < 4.78 is 0. The van der Waals surface area contributed by atoms with Crippen molar-refractivity contribution in [1.82, 2.24) is 20.0 Å². The second-order valence-corrected chi connectivity index (χ2v) is 5.64. The zero-order valence-corrected chi connectivity index (χ0v) is 11.1. The topological polar surface area (TPSA) is 38.8 Å². The number of amides is 1. The summed E-state index contributed by atoms with van der Waals surface area (Å²) in [6, 6.07) is 0. The highest BCUT2D eigenvalue weighted by Crippen LogP contribution is 2.25. The fourth-order valence-corrected chi connectivity index (χ4v) is 3.10. The standard InChI is InChI=1S/C13H22N4O/c1-15-8-12-13(18)16(10-17(12)9-15)7-4-11-2-5-14-6-3-11/h8,11,14H,2-7,9-10H2,1H3. The number of hydrogen-bond acceptors (Lipinski definition) is 4. The van der Waals surface area contributed by atoms with E-state index in [1.165, 1.54) is 12.8 Å². The molecule has 0 aromatic carbocycles. The van der Waals surface area contributed by atoms with E-state index in [2.05, 4.69) is 15.1 Å². The summed E-state index contributed by atoms with van der Waals surface area (Å²) in [7, 11) is 2.01. The zero-order valence-electron chi connectivity index (χ0n) is 11.1. The maximum Gasteiger partial charge on any atom is 0.273 e. The molecule has 1 N–H and O–H groups in total. The van der Waals surface area contributed by atoms with Crippen molar-refractivity contribution in [2.45, 2.75) is 19.3 Å². The van der Waals surface area contributed by atoms with Crippen LogP contribution in [-0.2, 0) is 4.79 Å². The van der Waals surface area contributed by atoms with Crippen LogP contribution in [0.2, 0.25) is 0 Å². The van der Waals surface area contributed by atoms with E-state index in [-0.39, 0.29) is 5.91 Å². The minimum absolute atomic E-state index is 0.216. The van der Waals surface area contributed by atoms with Crippen molar-refractivity contribution in [2.75, 3.05) is 40.0 Å². The fourth-order valence-electron chi connectivity index (χ4n) is 3.10. The molecule has 0 aliphatic carbocycles. The van der Waals surface area contributed by atoms with Crippen LogP contribution >= 0.6 is 0 Å². The molecule has 0 radical (unpaired) electrons. The van der Waals surface area contributed by atoms with Crippen molar-refractivity contribution in [2.24, 2.45) is 5.92 Å². The molecular weight excluding hydrogens is 228 g/mol. The van der Waals surface area contributed by atoms with Gasteiger partial charge in [0, 0.05) is 19.8 Å². The molecule has 3 aliphatic rings. The van der Waals surface area contributed by atoms with Gasteiger partial charge >= 0.3 is 0 Å². The van der Waals surface area contributed by atoms with E-state index in [0.717, 1.165) is 51.0 Å². The summed E-state index contributed by atoms with van der Waals surface area (Å²) in [5.74, 6) is 1.01. The van der Waals surface area contributed by atoms with Gasteiger partial charge in [-0.05, 0) is 38.3 Å². The molecule has 5 heteroatoms. The maximum absolute atomic E-state index is 12.2. The number of hydrogen-bond donors (Lipinski definition) is 1. The smallest absolute Gasteiger partial charge is 0.273 e. The quantitative estimate of drug-likeness (QED) is 0.778. The highest BCUT2D eigenvalue weighted by atomic mass is 16.2. The van der Waals surface area contributed by atoms with E-state index in [4.69, 9.17) is 0 Å². The Morgan fingerprint density at radius 3 is 2.83 bits per heavy atom. The number of nitrogens with one attached hydrogen (secondary N) is 1. The van der Waals surface area contributed by atoms with E-state index in [0.29, 0.717) is 0 Å². The van der Waals surface area contributed by atoms with Crippen LogP contribution in [0.5, 0.6) is 0 Å². The molecule has 2 saturated heterocycles. The lowest BCUT2D eigenvalue weighted by molar-refractivity contribution is -0.125. The van der Waals surface area contributed by atoms with E-state index in [9.17, 15) is 4.79 Å². The third kappa shape index (κ3) is 2.19. The van der Waals surface area contributed by atoms with Crippen molar-refractivity contribution in [3.05, 3.63) is 11.9 Å². The van der Waals surface area contributed by atoms with Gasteiger partial charge in [0.05, 0.1) is 13.3 Å². The summed E-state index contributed by atoms with van der Waals surface area (Å²) in [6.45, 7) is 4.83. The third-order valence-electron chi connectivity index (χ3n) is 4.19. The van der Waals surface area contributed by atoms with E-state index >= 15 is 0 Å². The summed E-state index contributed by atoms with van der Waals surface area (Å²) >= 11 is 0. The molecule has 2 fully saturated rings. The highest BCUT2D eigenvalue weighted by molar-refractivity contribution is 5.95. The molecule has 0 spiro atoms. The van der Waals surface area contributed by atoms with Crippen LogP contribution in [0, 0.1) is 5.92 Å². The van der Waals surface area contributed by atoms with Gasteiger partial charge in [-0.1, -0.05) is 0 Å². The van der Waals surface area contributed by atoms with Gasteiger partial charge in [-0.2, -0.15) is 0 Å². The minimum atomic E-state index is 0.216. The molecule has 0 unspecified atom stereocenters. The molecule has 0 bridgehead atoms. The SMILES string of the molecule is CN1C=C2C(=O)N(CCC3CCNCC3)CN2C1. The second kappa shape index (κ2) is 4.80. The number of nitrogens with zero attached hydrogens (tertiary/aromatic N) is 3. The predicted molar refractivity (Wildman–Crippen MR) is 69.3 cm³/mol. The number of fused-ring (bicyclic) bond motifs is 1. The van der Waals surface area contributed by atoms with Gasteiger partial charge in [-0.15, -0.1) is 0 Å². The first-order valence-electron chi connectivity index (χ1n) is 6.91. The molecule has 0 aromatic heterocycles. The van der Waals surface area contributed by atoms with Crippen LogP contribution in [0.25, 0.3) is 0 Å². The fraction of sp³-hybridized carbons (Fsp3) is 0.769. The molecule has 1 amide bonds. The molecule has 0 aromatic rings. The van der Waals surface area contributed by atoms with Gasteiger partial charge in [0.25, 0.3) is 5.91 Å². The van der Waals surface area contributed by atoms with Crippen molar-refractivity contribution in [3.63, 3.8) is 0 Å². The molecule has 3 rings (SSSR count).